The van der Waals surface area contributed by atoms with Crippen LogP contribution >= 0.6 is 0 Å². The zero-order chi connectivity index (χ0) is 50.2. The summed E-state index contributed by atoms with van der Waals surface area (Å²) in [5.74, 6) is -0.540. The number of unbranched alkanes of at least 4 members (excludes halogenated alkanes) is 30. The Bertz CT molecular complexity index is 1270. The number of amides is 1. The molecular weight excluding hydrogens is 851 g/mol. The van der Waals surface area contributed by atoms with Gasteiger partial charge in [0.25, 0.3) is 0 Å². The number of esters is 1. The predicted molar refractivity (Wildman–Crippen MR) is 301 cm³/mol. The summed E-state index contributed by atoms with van der Waals surface area (Å²) in [7, 11) is 0. The third-order valence-electron chi connectivity index (χ3n) is 13.3. The molecule has 0 bridgehead atoms. The number of aliphatic hydroxyl groups is 2. The molecule has 0 aromatic heterocycles. The van der Waals surface area contributed by atoms with Crippen LogP contribution in [-0.4, -0.2) is 46.9 Å². The lowest BCUT2D eigenvalue weighted by molar-refractivity contribution is -0.151. The van der Waals surface area contributed by atoms with Gasteiger partial charge in [-0.3, -0.25) is 9.59 Å². The van der Waals surface area contributed by atoms with Gasteiger partial charge in [0.05, 0.1) is 25.2 Å². The van der Waals surface area contributed by atoms with E-state index in [1.807, 2.05) is 0 Å². The molecule has 400 valence electrons. The van der Waals surface area contributed by atoms with Gasteiger partial charge in [0.2, 0.25) is 5.91 Å². The molecule has 6 nitrogen and oxygen atoms in total. The van der Waals surface area contributed by atoms with Crippen molar-refractivity contribution in [3.8, 4) is 0 Å². The Kier molecular flexibility index (Phi) is 54.0. The van der Waals surface area contributed by atoms with Gasteiger partial charge in [-0.15, -0.1) is 0 Å². The molecular formula is C63H113NO5. The molecule has 0 aromatic carbocycles. The second-order valence-corrected chi connectivity index (χ2v) is 20.1. The molecule has 0 heterocycles. The van der Waals surface area contributed by atoms with Crippen molar-refractivity contribution in [2.45, 2.75) is 309 Å². The predicted octanol–water partition coefficient (Wildman–Crippen LogP) is 18.5. The highest BCUT2D eigenvalue weighted by molar-refractivity contribution is 5.77. The average molecular weight is 965 g/mol. The summed E-state index contributed by atoms with van der Waals surface area (Å²) >= 11 is 0. The molecule has 0 aliphatic rings. The minimum absolute atomic E-state index is 0.0321. The van der Waals surface area contributed by atoms with Crippen molar-refractivity contribution in [3.63, 3.8) is 0 Å². The molecule has 1 amide bonds. The molecule has 0 radical (unpaired) electrons. The van der Waals surface area contributed by atoms with Crippen LogP contribution in [0.2, 0.25) is 0 Å². The van der Waals surface area contributed by atoms with Gasteiger partial charge in [0.1, 0.15) is 6.10 Å². The Morgan fingerprint density at radius 1 is 0.435 bits per heavy atom. The maximum absolute atomic E-state index is 13.3. The fourth-order valence-electron chi connectivity index (χ4n) is 8.76. The van der Waals surface area contributed by atoms with Gasteiger partial charge < -0.3 is 20.3 Å². The Labute approximate surface area is 428 Å². The highest BCUT2D eigenvalue weighted by Crippen LogP contribution is 2.17. The van der Waals surface area contributed by atoms with Gasteiger partial charge in [-0.2, -0.15) is 0 Å². The zero-order valence-corrected chi connectivity index (χ0v) is 45.7. The number of carbonyl (C=O) groups excluding carboxylic acids is 2. The molecule has 3 unspecified atom stereocenters. The van der Waals surface area contributed by atoms with Crippen molar-refractivity contribution in [2.75, 3.05) is 6.61 Å². The highest BCUT2D eigenvalue weighted by atomic mass is 16.5. The van der Waals surface area contributed by atoms with Crippen LogP contribution in [0.25, 0.3) is 0 Å². The SMILES string of the molecule is CCCCC/C=C\C/C=C\C/C=C\C/C=C\CCCC(CC(=O)NC(CO)C(O)CCCCCCCCCCCCCCCCC)OC(=O)CCCCCCC/C=C/C=C/CCCCCCCCC. The molecule has 0 saturated carbocycles. The molecule has 3 atom stereocenters. The van der Waals surface area contributed by atoms with Crippen LogP contribution in [0.3, 0.4) is 0 Å². The van der Waals surface area contributed by atoms with Crippen LogP contribution in [-0.2, 0) is 14.3 Å². The standard InChI is InChI=1S/C63H113NO5/c1-4-7-10-13-16-19-22-25-28-30-32-35-38-41-44-47-50-53-56-63(68)69-59(54-51-48-45-42-39-36-34-31-29-26-23-20-17-14-11-8-5-2)57-62(67)64-60(58-65)61(66)55-52-49-46-43-40-37-33-27-24-21-18-15-12-9-6-3/h17,20,26,28-30,32,34-36,42,45,59-61,65-66H,4-16,18-19,21-25,27,31,33,37-41,43-44,46-58H2,1-3H3,(H,64,67)/b20-17-,29-26-,30-28+,35-32+,36-34-,45-42-. The minimum Gasteiger partial charge on any atom is -0.462 e. The maximum atomic E-state index is 13.3. The molecule has 3 N–H and O–H groups in total. The Morgan fingerprint density at radius 3 is 1.26 bits per heavy atom. The normalized spacial score (nSPS) is 13.6. The van der Waals surface area contributed by atoms with E-state index >= 15 is 0 Å². The van der Waals surface area contributed by atoms with Crippen molar-refractivity contribution in [1.82, 2.24) is 5.32 Å². The van der Waals surface area contributed by atoms with Gasteiger partial charge in [-0.1, -0.05) is 261 Å². The van der Waals surface area contributed by atoms with Gasteiger partial charge in [-0.05, 0) is 89.9 Å². The lowest BCUT2D eigenvalue weighted by Crippen LogP contribution is -2.46. The van der Waals surface area contributed by atoms with Crippen molar-refractivity contribution in [1.29, 1.82) is 0 Å². The molecule has 69 heavy (non-hydrogen) atoms. The van der Waals surface area contributed by atoms with E-state index in [0.717, 1.165) is 89.9 Å². The molecule has 0 spiro atoms. The average Bonchev–Trinajstić information content (AvgIpc) is 3.34. The first-order valence-electron chi connectivity index (χ1n) is 29.7. The third-order valence-corrected chi connectivity index (χ3v) is 13.3. The van der Waals surface area contributed by atoms with Crippen LogP contribution < -0.4 is 5.32 Å². The largest absolute Gasteiger partial charge is 0.462 e. The van der Waals surface area contributed by atoms with Gasteiger partial charge >= 0.3 is 5.97 Å². The smallest absolute Gasteiger partial charge is 0.306 e. The Balaban J connectivity index is 4.68. The molecule has 0 fully saturated rings. The zero-order valence-electron chi connectivity index (χ0n) is 45.7. The van der Waals surface area contributed by atoms with Crippen LogP contribution in [0.15, 0.2) is 72.9 Å². The van der Waals surface area contributed by atoms with Gasteiger partial charge in [0, 0.05) is 6.42 Å². The lowest BCUT2D eigenvalue weighted by Gasteiger charge is -2.24. The van der Waals surface area contributed by atoms with Gasteiger partial charge in [-0.25, -0.2) is 0 Å². The number of carbonyl (C=O) groups is 2. The molecule has 6 heteroatoms. The highest BCUT2D eigenvalue weighted by Gasteiger charge is 2.24. The van der Waals surface area contributed by atoms with E-state index in [1.165, 1.54) is 154 Å². The van der Waals surface area contributed by atoms with E-state index < -0.39 is 18.2 Å². The number of allylic oxidation sites excluding steroid dienone is 12. The second-order valence-electron chi connectivity index (χ2n) is 20.1. The number of rotatable bonds is 53. The van der Waals surface area contributed by atoms with Crippen LogP contribution in [0.5, 0.6) is 0 Å². The van der Waals surface area contributed by atoms with E-state index in [0.29, 0.717) is 19.3 Å². The van der Waals surface area contributed by atoms with Crippen LogP contribution in [0, 0.1) is 0 Å². The quantitative estimate of drug-likeness (QED) is 0.0244. The summed E-state index contributed by atoms with van der Waals surface area (Å²) in [4.78, 5) is 26.3. The van der Waals surface area contributed by atoms with Crippen molar-refractivity contribution >= 4 is 11.9 Å². The summed E-state index contributed by atoms with van der Waals surface area (Å²) in [6.07, 6.45) is 72.5. The number of nitrogens with one attached hydrogen (secondary N) is 1. The summed E-state index contributed by atoms with van der Waals surface area (Å²) in [6.45, 7) is 6.46. The number of aliphatic hydroxyl groups excluding tert-OH is 2. The molecule has 0 saturated heterocycles. The lowest BCUT2D eigenvalue weighted by atomic mass is 10.0. The summed E-state index contributed by atoms with van der Waals surface area (Å²) < 4.78 is 5.93. The summed E-state index contributed by atoms with van der Waals surface area (Å²) in [6, 6.07) is -0.726. The molecule has 0 aliphatic carbocycles. The molecule has 0 aromatic rings. The van der Waals surface area contributed by atoms with Crippen molar-refractivity contribution in [3.05, 3.63) is 72.9 Å². The first-order chi connectivity index (χ1) is 34.0. The number of ether oxygens (including phenoxy) is 1. The monoisotopic (exact) mass is 964 g/mol. The summed E-state index contributed by atoms with van der Waals surface area (Å²) in [5.41, 5.74) is 0. The summed E-state index contributed by atoms with van der Waals surface area (Å²) in [5, 5.41) is 23.9. The number of hydrogen-bond donors (Lipinski definition) is 3. The van der Waals surface area contributed by atoms with Crippen molar-refractivity contribution in [2.24, 2.45) is 0 Å². The van der Waals surface area contributed by atoms with Gasteiger partial charge in [0.15, 0.2) is 0 Å². The first kappa shape index (κ1) is 66.3. The Morgan fingerprint density at radius 2 is 0.797 bits per heavy atom. The maximum Gasteiger partial charge on any atom is 0.306 e. The molecule has 0 rings (SSSR count). The Hall–Kier alpha value is -2.70. The minimum atomic E-state index is -0.809. The topological polar surface area (TPSA) is 95.9 Å². The van der Waals surface area contributed by atoms with E-state index in [-0.39, 0.29) is 24.9 Å². The fourth-order valence-corrected chi connectivity index (χ4v) is 8.76. The van der Waals surface area contributed by atoms with E-state index in [2.05, 4.69) is 99.0 Å². The molecule has 0 aliphatic heterocycles. The first-order valence-corrected chi connectivity index (χ1v) is 29.7. The van der Waals surface area contributed by atoms with Crippen LogP contribution in [0.1, 0.15) is 290 Å². The fraction of sp³-hybridized carbons (Fsp3) is 0.778. The van der Waals surface area contributed by atoms with E-state index in [4.69, 9.17) is 4.74 Å². The van der Waals surface area contributed by atoms with Crippen LogP contribution in [0.4, 0.5) is 0 Å². The van der Waals surface area contributed by atoms with E-state index in [9.17, 15) is 19.8 Å². The number of hydrogen-bond acceptors (Lipinski definition) is 5. The second kappa shape index (κ2) is 56.2. The van der Waals surface area contributed by atoms with Crippen molar-refractivity contribution < 1.29 is 24.5 Å². The van der Waals surface area contributed by atoms with E-state index in [1.54, 1.807) is 0 Å². The third kappa shape index (κ3) is 51.5.